The van der Waals surface area contributed by atoms with Crippen molar-refractivity contribution in [1.82, 2.24) is 10.6 Å². The van der Waals surface area contributed by atoms with Crippen LogP contribution in [0, 0.1) is 0 Å². The van der Waals surface area contributed by atoms with Crippen LogP contribution in [-0.4, -0.2) is 25.2 Å². The highest BCUT2D eigenvalue weighted by molar-refractivity contribution is 7.80. The molecule has 0 unspecified atom stereocenters. The van der Waals surface area contributed by atoms with E-state index in [1.165, 1.54) is 0 Å². The van der Waals surface area contributed by atoms with Gasteiger partial charge in [0.2, 0.25) is 0 Å². The molecule has 0 aromatic heterocycles. The van der Waals surface area contributed by atoms with E-state index in [0.29, 0.717) is 27.9 Å². The summed E-state index contributed by atoms with van der Waals surface area (Å²) in [6, 6.07) is 12.9. The smallest absolute Gasteiger partial charge is 0.255 e. The van der Waals surface area contributed by atoms with Gasteiger partial charge in [0.1, 0.15) is 0 Å². The lowest BCUT2D eigenvalue weighted by Gasteiger charge is -2.31. The number of carbonyl (C=O) groups is 1. The standard InChI is InChI=1S/C23H27N3O3S/c1-13(2)15-9-6-7-11-17(15)25-22(27)19-14(3)24-23(30)26-20(19)16-10-8-12-18(28-4)21(16)29-5/h6-13,20H,1-5H3,(H,25,27)(H2,24,26,30)/t20-/m1/s1. The number of rotatable bonds is 6. The summed E-state index contributed by atoms with van der Waals surface area (Å²) >= 11 is 5.36. The lowest BCUT2D eigenvalue weighted by atomic mass is 9.93. The van der Waals surface area contributed by atoms with Crippen LogP contribution in [0.5, 0.6) is 11.5 Å². The molecule has 3 rings (SSSR count). The highest BCUT2D eigenvalue weighted by Gasteiger charge is 2.33. The fourth-order valence-electron chi connectivity index (χ4n) is 3.67. The van der Waals surface area contributed by atoms with E-state index < -0.39 is 6.04 Å². The van der Waals surface area contributed by atoms with Crippen molar-refractivity contribution >= 4 is 28.9 Å². The SMILES string of the molecule is COc1cccc([C@H]2NC(=S)NC(C)=C2C(=O)Nc2ccccc2C(C)C)c1OC. The van der Waals surface area contributed by atoms with E-state index in [2.05, 4.69) is 29.8 Å². The van der Waals surface area contributed by atoms with Crippen molar-refractivity contribution in [2.75, 3.05) is 19.5 Å². The summed E-state index contributed by atoms with van der Waals surface area (Å²) in [6.07, 6.45) is 0. The molecule has 0 spiro atoms. The average Bonchev–Trinajstić information content (AvgIpc) is 2.72. The molecular formula is C23H27N3O3S. The molecule has 0 radical (unpaired) electrons. The lowest BCUT2D eigenvalue weighted by molar-refractivity contribution is -0.113. The van der Waals surface area contributed by atoms with Crippen LogP contribution in [0.2, 0.25) is 0 Å². The minimum atomic E-state index is -0.491. The molecule has 1 aliphatic heterocycles. The van der Waals surface area contributed by atoms with Gasteiger partial charge in [0.05, 0.1) is 25.8 Å². The average molecular weight is 426 g/mol. The maximum absolute atomic E-state index is 13.4. The Bertz CT molecular complexity index is 1000. The van der Waals surface area contributed by atoms with Gasteiger partial charge in [-0.15, -0.1) is 0 Å². The molecule has 0 bridgehead atoms. The predicted octanol–water partition coefficient (Wildman–Crippen LogP) is 4.26. The van der Waals surface area contributed by atoms with E-state index >= 15 is 0 Å². The molecule has 1 heterocycles. The van der Waals surface area contributed by atoms with Crippen LogP contribution < -0.4 is 25.4 Å². The Kier molecular flexibility index (Phi) is 6.62. The van der Waals surface area contributed by atoms with Crippen molar-refractivity contribution in [3.8, 4) is 11.5 Å². The zero-order chi connectivity index (χ0) is 21.8. The topological polar surface area (TPSA) is 71.6 Å². The highest BCUT2D eigenvalue weighted by Crippen LogP contribution is 2.39. The van der Waals surface area contributed by atoms with E-state index in [0.717, 1.165) is 16.8 Å². The zero-order valence-corrected chi connectivity index (χ0v) is 18.6. The summed E-state index contributed by atoms with van der Waals surface area (Å²) in [7, 11) is 3.16. The van der Waals surface area contributed by atoms with Crippen molar-refractivity contribution in [3.05, 3.63) is 64.9 Å². The normalized spacial score (nSPS) is 16.1. The van der Waals surface area contributed by atoms with Crippen LogP contribution in [0.15, 0.2) is 53.7 Å². The van der Waals surface area contributed by atoms with Gasteiger partial charge in [-0.2, -0.15) is 0 Å². The van der Waals surface area contributed by atoms with Crippen molar-refractivity contribution in [3.63, 3.8) is 0 Å². The number of nitrogens with one attached hydrogen (secondary N) is 3. The van der Waals surface area contributed by atoms with Gasteiger partial charge < -0.3 is 25.4 Å². The maximum atomic E-state index is 13.4. The van der Waals surface area contributed by atoms with Crippen LogP contribution in [0.25, 0.3) is 0 Å². The number of anilines is 1. The molecule has 7 heteroatoms. The number of benzene rings is 2. The quantitative estimate of drug-likeness (QED) is 0.601. The summed E-state index contributed by atoms with van der Waals surface area (Å²) in [5, 5.41) is 9.80. The molecule has 0 aliphatic carbocycles. The number of ether oxygens (including phenoxy) is 2. The van der Waals surface area contributed by atoms with Gasteiger partial charge in [-0.05, 0) is 42.8 Å². The molecule has 0 saturated carbocycles. The number of thiocarbonyl (C=S) groups is 1. The predicted molar refractivity (Wildman–Crippen MR) is 123 cm³/mol. The van der Waals surface area contributed by atoms with Crippen LogP contribution >= 0.6 is 12.2 Å². The molecule has 1 amide bonds. The third kappa shape index (κ3) is 4.26. The van der Waals surface area contributed by atoms with E-state index in [1.807, 2.05) is 49.4 Å². The molecule has 1 aliphatic rings. The molecular weight excluding hydrogens is 398 g/mol. The molecule has 2 aromatic rings. The summed E-state index contributed by atoms with van der Waals surface area (Å²) in [4.78, 5) is 13.4. The molecule has 30 heavy (non-hydrogen) atoms. The van der Waals surface area contributed by atoms with E-state index in [4.69, 9.17) is 21.7 Å². The Hall–Kier alpha value is -3.06. The van der Waals surface area contributed by atoms with Crippen molar-refractivity contribution in [2.45, 2.75) is 32.7 Å². The minimum absolute atomic E-state index is 0.210. The molecule has 3 N–H and O–H groups in total. The fraction of sp³-hybridized carbons (Fsp3) is 0.304. The lowest BCUT2D eigenvalue weighted by Crippen LogP contribution is -2.45. The summed E-state index contributed by atoms with van der Waals surface area (Å²) in [5.41, 5.74) is 3.86. The monoisotopic (exact) mass is 425 g/mol. The number of hydrogen-bond donors (Lipinski definition) is 3. The molecule has 6 nitrogen and oxygen atoms in total. The number of carbonyl (C=O) groups excluding carboxylic acids is 1. The Morgan fingerprint density at radius 2 is 1.83 bits per heavy atom. The van der Waals surface area contributed by atoms with Gasteiger partial charge in [0.25, 0.3) is 5.91 Å². The number of para-hydroxylation sites is 2. The Morgan fingerprint density at radius 1 is 1.10 bits per heavy atom. The summed E-state index contributed by atoms with van der Waals surface area (Å²) < 4.78 is 11.0. The van der Waals surface area contributed by atoms with Crippen molar-refractivity contribution < 1.29 is 14.3 Å². The van der Waals surface area contributed by atoms with E-state index in [9.17, 15) is 4.79 Å². The Morgan fingerprint density at radius 3 is 2.50 bits per heavy atom. The number of amides is 1. The van der Waals surface area contributed by atoms with Crippen LogP contribution in [0.3, 0.4) is 0 Å². The second-order valence-corrected chi connectivity index (χ2v) is 7.76. The second-order valence-electron chi connectivity index (χ2n) is 7.35. The van der Waals surface area contributed by atoms with Crippen LogP contribution in [-0.2, 0) is 4.79 Å². The first-order valence-electron chi connectivity index (χ1n) is 9.76. The first-order valence-corrected chi connectivity index (χ1v) is 10.2. The molecule has 158 valence electrons. The van der Waals surface area contributed by atoms with Gasteiger partial charge in [0, 0.05) is 16.9 Å². The number of methoxy groups -OCH3 is 2. The van der Waals surface area contributed by atoms with Crippen LogP contribution in [0.4, 0.5) is 5.69 Å². The minimum Gasteiger partial charge on any atom is -0.493 e. The molecule has 2 aromatic carbocycles. The van der Waals surface area contributed by atoms with Gasteiger partial charge in [0.15, 0.2) is 16.6 Å². The first kappa shape index (κ1) is 21.6. The third-order valence-corrected chi connectivity index (χ3v) is 5.31. The second kappa shape index (κ2) is 9.17. The zero-order valence-electron chi connectivity index (χ0n) is 17.8. The molecule has 0 saturated heterocycles. The van der Waals surface area contributed by atoms with Gasteiger partial charge in [-0.1, -0.05) is 44.2 Å². The summed E-state index contributed by atoms with van der Waals surface area (Å²) in [6.45, 7) is 6.04. The first-order chi connectivity index (χ1) is 14.4. The number of hydrogen-bond acceptors (Lipinski definition) is 4. The van der Waals surface area contributed by atoms with Crippen molar-refractivity contribution in [2.24, 2.45) is 0 Å². The summed E-state index contributed by atoms with van der Waals surface area (Å²) in [5.74, 6) is 1.21. The Balaban J connectivity index is 2.05. The molecule has 1 atom stereocenters. The molecule has 0 fully saturated rings. The van der Waals surface area contributed by atoms with E-state index in [1.54, 1.807) is 14.2 Å². The van der Waals surface area contributed by atoms with Gasteiger partial charge >= 0.3 is 0 Å². The van der Waals surface area contributed by atoms with Gasteiger partial charge in [-0.3, -0.25) is 4.79 Å². The fourth-order valence-corrected chi connectivity index (χ4v) is 3.94. The number of allylic oxidation sites excluding steroid dienone is 1. The Labute approximate surface area is 182 Å². The maximum Gasteiger partial charge on any atom is 0.255 e. The van der Waals surface area contributed by atoms with Crippen molar-refractivity contribution in [1.29, 1.82) is 0 Å². The largest absolute Gasteiger partial charge is 0.493 e. The third-order valence-electron chi connectivity index (χ3n) is 5.09. The van der Waals surface area contributed by atoms with Crippen LogP contribution in [0.1, 0.15) is 43.9 Å². The van der Waals surface area contributed by atoms with Gasteiger partial charge in [-0.25, -0.2) is 0 Å². The highest BCUT2D eigenvalue weighted by atomic mass is 32.1. The van der Waals surface area contributed by atoms with E-state index in [-0.39, 0.29) is 11.8 Å².